The molecule has 5 aromatic rings. The maximum atomic E-state index is 12.2. The highest BCUT2D eigenvalue weighted by Crippen LogP contribution is 2.33. The van der Waals surface area contributed by atoms with Gasteiger partial charge in [0.1, 0.15) is 21.5 Å². The van der Waals surface area contributed by atoms with Crippen LogP contribution in [0.5, 0.6) is 11.5 Å². The summed E-state index contributed by atoms with van der Waals surface area (Å²) in [6.45, 7) is 5.48. The minimum absolute atomic E-state index is 0.198. The molecule has 1 amide bonds. The molecule has 0 unspecified atom stereocenters. The van der Waals surface area contributed by atoms with Crippen LogP contribution >= 0.6 is 11.3 Å². The predicted octanol–water partition coefficient (Wildman–Crippen LogP) is 5.55. The molecule has 0 spiro atoms. The Morgan fingerprint density at radius 3 is 2.51 bits per heavy atom. The van der Waals surface area contributed by atoms with Crippen LogP contribution in [0.1, 0.15) is 56.0 Å². The van der Waals surface area contributed by atoms with Gasteiger partial charge in [-0.15, -0.1) is 10.2 Å². The first-order valence-corrected chi connectivity index (χ1v) is 15.1. The van der Waals surface area contributed by atoms with Crippen LogP contribution in [0.3, 0.4) is 0 Å². The van der Waals surface area contributed by atoms with Crippen molar-refractivity contribution >= 4 is 17.2 Å². The summed E-state index contributed by atoms with van der Waals surface area (Å²) in [5.41, 5.74) is 2.25. The second-order valence-electron chi connectivity index (χ2n) is 10.7. The molecule has 1 saturated carbocycles. The van der Waals surface area contributed by atoms with E-state index in [0.717, 1.165) is 40.5 Å². The van der Waals surface area contributed by atoms with Gasteiger partial charge in [-0.05, 0) is 61.7 Å². The zero-order valence-corrected chi connectivity index (χ0v) is 24.7. The number of hydrogen-bond donors (Lipinski definition) is 0. The topological polar surface area (TPSA) is 129 Å². The van der Waals surface area contributed by atoms with Gasteiger partial charge in [-0.25, -0.2) is 4.68 Å². The van der Waals surface area contributed by atoms with Crippen molar-refractivity contribution < 1.29 is 14.1 Å². The lowest BCUT2D eigenvalue weighted by molar-refractivity contribution is -0.128. The van der Waals surface area contributed by atoms with Crippen LogP contribution in [0.4, 0.5) is 0 Å². The highest BCUT2D eigenvalue weighted by atomic mass is 32.1. The van der Waals surface area contributed by atoms with E-state index in [1.807, 2.05) is 47.4 Å². The number of aromatic nitrogens is 6. The van der Waals surface area contributed by atoms with E-state index in [0.29, 0.717) is 40.8 Å². The summed E-state index contributed by atoms with van der Waals surface area (Å²) in [6.07, 6.45) is 7.32. The smallest absolute Gasteiger partial charge is 0.267 e. The molecule has 0 radical (unpaired) electrons. The molecule has 11 nitrogen and oxygen atoms in total. The third-order valence-corrected chi connectivity index (χ3v) is 8.41. The van der Waals surface area contributed by atoms with Gasteiger partial charge in [-0.1, -0.05) is 36.4 Å². The van der Waals surface area contributed by atoms with Gasteiger partial charge in [0.2, 0.25) is 5.91 Å². The Hall–Kier alpha value is -4.71. The molecule has 1 saturated heterocycles. The largest absolute Gasteiger partial charge is 0.457 e. The van der Waals surface area contributed by atoms with Gasteiger partial charge < -0.3 is 14.2 Å². The summed E-state index contributed by atoms with van der Waals surface area (Å²) < 4.78 is 12.8. The molecule has 1 aliphatic heterocycles. The summed E-state index contributed by atoms with van der Waals surface area (Å²) >= 11 is 1.58. The Balaban J connectivity index is 0.000000310. The monoisotopic (exact) mass is 597 g/mol. The number of amides is 1. The molecule has 0 atom stereocenters. The van der Waals surface area contributed by atoms with Crippen LogP contribution in [0, 0.1) is 0 Å². The molecule has 4 heterocycles. The molecule has 7 rings (SSSR count). The second kappa shape index (κ2) is 12.7. The zero-order chi connectivity index (χ0) is 29.8. The van der Waals surface area contributed by atoms with Crippen LogP contribution < -0.4 is 10.3 Å². The molecule has 220 valence electrons. The fourth-order valence-corrected chi connectivity index (χ4v) is 5.55. The molecular formula is C31H31N7O4S. The minimum Gasteiger partial charge on any atom is -0.457 e. The van der Waals surface area contributed by atoms with Crippen molar-refractivity contribution in [1.29, 1.82) is 0 Å². The predicted molar refractivity (Wildman–Crippen MR) is 161 cm³/mol. The normalized spacial score (nSPS) is 14.6. The maximum absolute atomic E-state index is 12.2. The Morgan fingerprint density at radius 1 is 1.05 bits per heavy atom. The van der Waals surface area contributed by atoms with E-state index >= 15 is 0 Å². The molecule has 2 aromatic carbocycles. The molecule has 12 heteroatoms. The third kappa shape index (κ3) is 6.86. The fraction of sp³-hybridized carbons (Fsp3) is 0.323. The minimum atomic E-state index is -0.198. The SMILES string of the molecule is CC(C)c1nnc(-c2ccc(Oc3cc(-c4ncno4)ccc3Cn3ncccc3=O)cc2)s1.O=C1CCCN1C1CC1. The Labute approximate surface area is 252 Å². The van der Waals surface area contributed by atoms with Crippen LogP contribution in [0.15, 0.2) is 76.4 Å². The van der Waals surface area contributed by atoms with Crippen molar-refractivity contribution in [3.8, 4) is 33.5 Å². The van der Waals surface area contributed by atoms with E-state index in [2.05, 4.69) is 39.3 Å². The van der Waals surface area contributed by atoms with Crippen molar-refractivity contribution in [3.63, 3.8) is 0 Å². The first kappa shape index (κ1) is 28.4. The van der Waals surface area contributed by atoms with Gasteiger partial charge in [-0.3, -0.25) is 9.59 Å². The first-order valence-electron chi connectivity index (χ1n) is 14.3. The molecule has 1 aliphatic carbocycles. The lowest BCUT2D eigenvalue weighted by atomic mass is 10.1. The second-order valence-corrected chi connectivity index (χ2v) is 11.7. The number of rotatable bonds is 8. The van der Waals surface area contributed by atoms with Crippen LogP contribution in [-0.2, 0) is 11.3 Å². The third-order valence-electron chi connectivity index (χ3n) is 7.14. The van der Waals surface area contributed by atoms with Crippen molar-refractivity contribution in [2.75, 3.05) is 6.54 Å². The van der Waals surface area contributed by atoms with E-state index < -0.39 is 0 Å². The van der Waals surface area contributed by atoms with Gasteiger partial charge >= 0.3 is 0 Å². The lowest BCUT2D eigenvalue weighted by Gasteiger charge is -2.13. The van der Waals surface area contributed by atoms with Gasteiger partial charge in [0, 0.05) is 53.9 Å². The molecule has 2 fully saturated rings. The number of benzene rings is 2. The summed E-state index contributed by atoms with van der Waals surface area (Å²) in [5, 5.41) is 18.2. The van der Waals surface area contributed by atoms with Crippen molar-refractivity contribution in [1.82, 2.24) is 35.0 Å². The van der Waals surface area contributed by atoms with Gasteiger partial charge in [0.05, 0.1) is 6.54 Å². The van der Waals surface area contributed by atoms with Crippen molar-refractivity contribution in [3.05, 3.63) is 88.0 Å². The van der Waals surface area contributed by atoms with Crippen LogP contribution in [0.2, 0.25) is 0 Å². The van der Waals surface area contributed by atoms with E-state index in [-0.39, 0.29) is 12.1 Å². The van der Waals surface area contributed by atoms with Gasteiger partial charge in [-0.2, -0.15) is 10.1 Å². The first-order chi connectivity index (χ1) is 20.9. The standard InChI is InChI=1S/C24H20N6O3S.C7H11NO/c1-15(2)23-28-29-24(34-23)16-7-9-19(10-8-16)32-20-12-17(22-25-14-27-33-22)5-6-18(20)13-30-21(31)4-3-11-26-30;9-7-2-1-5-8(7)6-3-4-6/h3-12,14-15H,13H2,1-2H3;6H,1-5H2. The highest BCUT2D eigenvalue weighted by molar-refractivity contribution is 7.14. The molecule has 3 aromatic heterocycles. The van der Waals surface area contributed by atoms with Crippen LogP contribution in [0.25, 0.3) is 22.0 Å². The van der Waals surface area contributed by atoms with Gasteiger partial charge in [0.25, 0.3) is 11.4 Å². The number of hydrogen-bond acceptors (Lipinski definition) is 10. The van der Waals surface area contributed by atoms with Crippen molar-refractivity contribution in [2.45, 2.75) is 58.0 Å². The highest BCUT2D eigenvalue weighted by Gasteiger charge is 2.34. The van der Waals surface area contributed by atoms with E-state index in [1.165, 1.54) is 29.9 Å². The number of carbonyl (C=O) groups excluding carboxylic acids is 1. The number of likely N-dealkylation sites (tertiary alicyclic amines) is 1. The Kier molecular flexibility index (Phi) is 8.36. The summed E-state index contributed by atoms with van der Waals surface area (Å²) in [6, 6.07) is 16.9. The number of carbonyl (C=O) groups is 1. The van der Waals surface area contributed by atoms with Crippen LogP contribution in [-0.4, -0.2) is 53.5 Å². The summed E-state index contributed by atoms with van der Waals surface area (Å²) in [5.74, 6) is 2.29. The van der Waals surface area contributed by atoms with E-state index in [9.17, 15) is 9.59 Å². The molecule has 0 bridgehead atoms. The quantitative estimate of drug-likeness (QED) is 0.226. The molecule has 43 heavy (non-hydrogen) atoms. The van der Waals surface area contributed by atoms with Crippen molar-refractivity contribution in [2.24, 2.45) is 0 Å². The van der Waals surface area contributed by atoms with E-state index in [4.69, 9.17) is 9.26 Å². The molecule has 2 aliphatic rings. The fourth-order valence-electron chi connectivity index (χ4n) is 4.70. The zero-order valence-electron chi connectivity index (χ0n) is 23.9. The van der Waals surface area contributed by atoms with Gasteiger partial charge in [0.15, 0.2) is 6.33 Å². The maximum Gasteiger partial charge on any atom is 0.267 e. The number of nitrogens with zero attached hydrogens (tertiary/aromatic N) is 7. The average molecular weight is 598 g/mol. The Morgan fingerprint density at radius 2 is 1.86 bits per heavy atom. The Bertz CT molecular complexity index is 1740. The summed E-state index contributed by atoms with van der Waals surface area (Å²) in [4.78, 5) is 29.3. The summed E-state index contributed by atoms with van der Waals surface area (Å²) in [7, 11) is 0. The average Bonchev–Trinajstić information content (AvgIpc) is 3.38. The molecular weight excluding hydrogens is 566 g/mol. The lowest BCUT2D eigenvalue weighted by Crippen LogP contribution is -2.26. The van der Waals surface area contributed by atoms with E-state index in [1.54, 1.807) is 23.6 Å². The molecule has 0 N–H and O–H groups in total. The number of ether oxygens (including phenoxy) is 1.